The number of halogens is 2. The summed E-state index contributed by atoms with van der Waals surface area (Å²) < 4.78 is 27.0. The number of pyridine rings is 1. The van der Waals surface area contributed by atoms with Crippen molar-refractivity contribution >= 4 is 23.4 Å². The molecule has 0 spiro atoms. The van der Waals surface area contributed by atoms with Crippen LogP contribution in [0.3, 0.4) is 0 Å². The van der Waals surface area contributed by atoms with Crippen LogP contribution in [0.25, 0.3) is 0 Å². The van der Waals surface area contributed by atoms with Crippen molar-refractivity contribution in [3.63, 3.8) is 0 Å². The van der Waals surface area contributed by atoms with Crippen molar-refractivity contribution in [3.8, 4) is 0 Å². The quantitative estimate of drug-likeness (QED) is 0.884. The van der Waals surface area contributed by atoms with E-state index in [9.17, 15) is 8.78 Å². The van der Waals surface area contributed by atoms with Gasteiger partial charge in [-0.2, -0.15) is 11.8 Å². The number of nitrogens with zero attached hydrogens (tertiary/aromatic N) is 1. The highest BCUT2D eigenvalue weighted by molar-refractivity contribution is 7.99. The van der Waals surface area contributed by atoms with Gasteiger partial charge in [0.1, 0.15) is 0 Å². The van der Waals surface area contributed by atoms with Gasteiger partial charge < -0.3 is 10.6 Å². The highest BCUT2D eigenvalue weighted by Gasteiger charge is 2.17. The summed E-state index contributed by atoms with van der Waals surface area (Å²) in [5, 5.41) is 5.85. The van der Waals surface area contributed by atoms with Crippen molar-refractivity contribution < 1.29 is 8.78 Å². The smallest absolute Gasteiger partial charge is 0.168 e. The molecule has 1 aromatic heterocycles. The second kappa shape index (κ2) is 6.22. The molecule has 0 aliphatic carbocycles. The zero-order chi connectivity index (χ0) is 13.0. The monoisotopic (exact) mass is 273 g/mol. The van der Waals surface area contributed by atoms with E-state index in [1.165, 1.54) is 0 Å². The third-order valence-electron chi connectivity index (χ3n) is 2.84. The summed E-state index contributed by atoms with van der Waals surface area (Å²) in [6.07, 6.45) is 1.97. The van der Waals surface area contributed by atoms with Gasteiger partial charge in [-0.3, -0.25) is 0 Å². The number of hydrogen-bond donors (Lipinski definition) is 2. The molecule has 1 aliphatic rings. The van der Waals surface area contributed by atoms with Crippen LogP contribution in [0, 0.1) is 11.6 Å². The van der Waals surface area contributed by atoms with Crippen LogP contribution >= 0.6 is 11.8 Å². The normalized spacial score (nSPS) is 16.6. The molecule has 100 valence electrons. The van der Waals surface area contributed by atoms with Gasteiger partial charge in [0, 0.05) is 18.7 Å². The van der Waals surface area contributed by atoms with Crippen LogP contribution in [0.5, 0.6) is 0 Å². The molecule has 2 heterocycles. The lowest BCUT2D eigenvalue weighted by molar-refractivity contribution is 0.571. The first-order valence-electron chi connectivity index (χ1n) is 6.15. The first-order chi connectivity index (χ1) is 8.70. The fourth-order valence-electron chi connectivity index (χ4n) is 1.89. The van der Waals surface area contributed by atoms with Crippen molar-refractivity contribution in [3.05, 3.63) is 17.7 Å². The molecule has 1 aromatic rings. The van der Waals surface area contributed by atoms with E-state index >= 15 is 0 Å². The van der Waals surface area contributed by atoms with E-state index in [4.69, 9.17) is 0 Å². The first kappa shape index (κ1) is 13.4. The van der Waals surface area contributed by atoms with Crippen molar-refractivity contribution in [2.24, 2.45) is 0 Å². The fraction of sp³-hybridized carbons (Fsp3) is 0.583. The zero-order valence-corrected chi connectivity index (χ0v) is 11.1. The Morgan fingerprint density at radius 2 is 1.94 bits per heavy atom. The average Bonchev–Trinajstić information content (AvgIpc) is 2.37. The van der Waals surface area contributed by atoms with E-state index in [0.717, 1.165) is 30.4 Å². The molecule has 0 saturated carbocycles. The lowest BCUT2D eigenvalue weighted by Gasteiger charge is -2.23. The molecular formula is C12H17F2N3S. The lowest BCUT2D eigenvalue weighted by Crippen LogP contribution is -2.25. The Hall–Kier alpha value is -1.04. The standard InChI is InChI=1S/C12H17F2N3S/c1-2-15-11-9(13)7-10(14)12(17-11)16-8-3-5-18-6-4-8/h7-8H,2-6H2,1H3,(H2,15,16,17). The van der Waals surface area contributed by atoms with Gasteiger partial charge in [0.25, 0.3) is 0 Å². The molecule has 1 aliphatic heterocycles. The summed E-state index contributed by atoms with van der Waals surface area (Å²) in [7, 11) is 0. The summed E-state index contributed by atoms with van der Waals surface area (Å²) in [6.45, 7) is 2.39. The van der Waals surface area contributed by atoms with Crippen LogP contribution in [0.15, 0.2) is 6.07 Å². The molecule has 18 heavy (non-hydrogen) atoms. The Kier molecular flexibility index (Phi) is 4.63. The van der Waals surface area contributed by atoms with E-state index in [2.05, 4.69) is 15.6 Å². The van der Waals surface area contributed by atoms with E-state index < -0.39 is 11.6 Å². The Morgan fingerprint density at radius 1 is 1.28 bits per heavy atom. The molecule has 6 heteroatoms. The molecule has 2 N–H and O–H groups in total. The number of anilines is 2. The summed E-state index contributed by atoms with van der Waals surface area (Å²) in [5.74, 6) is 1.10. The molecule has 2 rings (SSSR count). The van der Waals surface area contributed by atoms with E-state index in [1.807, 2.05) is 18.7 Å². The van der Waals surface area contributed by atoms with Gasteiger partial charge >= 0.3 is 0 Å². The van der Waals surface area contributed by atoms with Gasteiger partial charge in [0.15, 0.2) is 23.3 Å². The van der Waals surface area contributed by atoms with Crippen LogP contribution < -0.4 is 10.6 Å². The molecule has 0 atom stereocenters. The second-order valence-electron chi connectivity index (χ2n) is 4.21. The Balaban J connectivity index is 2.12. The Morgan fingerprint density at radius 3 is 2.61 bits per heavy atom. The van der Waals surface area contributed by atoms with Crippen LogP contribution in [0.1, 0.15) is 19.8 Å². The predicted molar refractivity (Wildman–Crippen MR) is 72.3 cm³/mol. The summed E-state index contributed by atoms with van der Waals surface area (Å²) in [4.78, 5) is 3.98. The van der Waals surface area contributed by atoms with Crippen LogP contribution in [0.4, 0.5) is 20.4 Å². The van der Waals surface area contributed by atoms with E-state index in [1.54, 1.807) is 0 Å². The number of aromatic nitrogens is 1. The second-order valence-corrected chi connectivity index (χ2v) is 5.44. The molecular weight excluding hydrogens is 256 g/mol. The van der Waals surface area contributed by atoms with E-state index in [0.29, 0.717) is 6.54 Å². The third-order valence-corrected chi connectivity index (χ3v) is 3.88. The zero-order valence-electron chi connectivity index (χ0n) is 10.3. The van der Waals surface area contributed by atoms with E-state index in [-0.39, 0.29) is 17.7 Å². The highest BCUT2D eigenvalue weighted by atomic mass is 32.2. The van der Waals surface area contributed by atoms with Crippen LogP contribution in [0.2, 0.25) is 0 Å². The summed E-state index contributed by atoms with van der Waals surface area (Å²) >= 11 is 1.90. The van der Waals surface area contributed by atoms with Gasteiger partial charge in [0.2, 0.25) is 0 Å². The molecule has 0 bridgehead atoms. The first-order valence-corrected chi connectivity index (χ1v) is 7.30. The lowest BCUT2D eigenvalue weighted by atomic mass is 10.1. The molecule has 0 radical (unpaired) electrons. The molecule has 0 amide bonds. The van der Waals surface area contributed by atoms with Crippen molar-refractivity contribution in [2.75, 3.05) is 28.7 Å². The number of nitrogens with one attached hydrogen (secondary N) is 2. The third kappa shape index (κ3) is 3.25. The topological polar surface area (TPSA) is 37.0 Å². The maximum atomic E-state index is 13.6. The minimum Gasteiger partial charge on any atom is -0.368 e. The molecule has 0 unspecified atom stereocenters. The number of thioether (sulfide) groups is 1. The SMILES string of the molecule is CCNc1nc(NC2CCSCC2)c(F)cc1F. The van der Waals surface area contributed by atoms with Crippen molar-refractivity contribution in [2.45, 2.75) is 25.8 Å². The highest BCUT2D eigenvalue weighted by Crippen LogP contribution is 2.24. The number of rotatable bonds is 4. The van der Waals surface area contributed by atoms with Crippen LogP contribution in [-0.2, 0) is 0 Å². The predicted octanol–water partition coefficient (Wildman–Crippen LogP) is 3.10. The summed E-state index contributed by atoms with van der Waals surface area (Å²) in [5.41, 5.74) is 0. The van der Waals surface area contributed by atoms with Gasteiger partial charge in [-0.05, 0) is 31.3 Å². The largest absolute Gasteiger partial charge is 0.368 e. The maximum Gasteiger partial charge on any atom is 0.168 e. The molecule has 1 saturated heterocycles. The van der Waals surface area contributed by atoms with Gasteiger partial charge in [-0.1, -0.05) is 0 Å². The van der Waals surface area contributed by atoms with Gasteiger partial charge in [-0.15, -0.1) is 0 Å². The number of hydrogen-bond acceptors (Lipinski definition) is 4. The molecule has 0 aromatic carbocycles. The minimum absolute atomic E-state index is 0.103. The summed E-state index contributed by atoms with van der Waals surface area (Å²) in [6, 6.07) is 1.11. The fourth-order valence-corrected chi connectivity index (χ4v) is 3.00. The van der Waals surface area contributed by atoms with Crippen molar-refractivity contribution in [1.29, 1.82) is 0 Å². The molecule has 3 nitrogen and oxygen atoms in total. The molecule has 1 fully saturated rings. The van der Waals surface area contributed by atoms with Crippen molar-refractivity contribution in [1.82, 2.24) is 4.98 Å². The minimum atomic E-state index is -0.654. The Labute approximate surface area is 110 Å². The van der Waals surface area contributed by atoms with Gasteiger partial charge in [-0.25, -0.2) is 13.8 Å². The average molecular weight is 273 g/mol. The van der Waals surface area contributed by atoms with Crippen LogP contribution in [-0.4, -0.2) is 29.1 Å². The Bertz CT molecular complexity index is 409. The van der Waals surface area contributed by atoms with Gasteiger partial charge in [0.05, 0.1) is 0 Å². The maximum absolute atomic E-state index is 13.6.